The topological polar surface area (TPSA) is 92.7 Å². The van der Waals surface area contributed by atoms with Crippen molar-refractivity contribution in [1.82, 2.24) is 5.32 Å². The zero-order valence-electron chi connectivity index (χ0n) is 38.6. The van der Waals surface area contributed by atoms with Gasteiger partial charge in [-0.3, -0.25) is 9.59 Å². The molecule has 0 unspecified atom stereocenters. The fourth-order valence-electron chi connectivity index (χ4n) is 8.35. The van der Waals surface area contributed by atoms with Crippen LogP contribution in [0.2, 0.25) is 0 Å². The van der Waals surface area contributed by atoms with Crippen molar-refractivity contribution in [3.05, 3.63) is 0 Å². The molecule has 0 aliphatic carbocycles. The number of esters is 1. The Kier molecular flexibility index (Phi) is 44.2. The third-order valence-corrected chi connectivity index (χ3v) is 12.2. The zero-order valence-corrected chi connectivity index (χ0v) is 38.6. The van der Waals surface area contributed by atoms with Crippen LogP contribution in [0.3, 0.4) is 0 Å². The Morgan fingerprint density at radius 2 is 0.719 bits per heavy atom. The summed E-state index contributed by atoms with van der Waals surface area (Å²) in [6.45, 7) is 7.20. The molecule has 6 heteroatoms. The molecule has 0 aromatic heterocycles. The Labute approximate surface area is 355 Å². The predicted molar refractivity (Wildman–Crippen MR) is 245 cm³/mol. The molecule has 1 amide bonds. The van der Waals surface area contributed by atoms with Gasteiger partial charge in [0.25, 0.3) is 0 Å². The van der Waals surface area contributed by atoms with E-state index in [1.165, 1.54) is 212 Å². The van der Waals surface area contributed by atoms with E-state index in [1.54, 1.807) is 0 Å². The average Bonchev–Trinajstić information content (AvgIpc) is 3.20. The molecule has 0 saturated heterocycles. The SMILES string of the molecule is CCCCCCCCCCCCCCCCCC(=O)N[C@@H](CCC(=O)O)C(=O)OCCCCCCCCCCCC(CCCCCCCC)CCCCCCCC. The highest BCUT2D eigenvalue weighted by Gasteiger charge is 2.23. The van der Waals surface area contributed by atoms with Crippen LogP contribution in [0.25, 0.3) is 0 Å². The van der Waals surface area contributed by atoms with Gasteiger partial charge in [0.15, 0.2) is 0 Å². The largest absolute Gasteiger partial charge is 0.481 e. The van der Waals surface area contributed by atoms with E-state index in [4.69, 9.17) is 4.74 Å². The molecule has 6 nitrogen and oxygen atoms in total. The van der Waals surface area contributed by atoms with Gasteiger partial charge >= 0.3 is 11.9 Å². The van der Waals surface area contributed by atoms with Gasteiger partial charge in [-0.15, -0.1) is 0 Å². The molecule has 0 spiro atoms. The van der Waals surface area contributed by atoms with Crippen molar-refractivity contribution in [2.45, 2.75) is 296 Å². The summed E-state index contributed by atoms with van der Waals surface area (Å²) >= 11 is 0. The second kappa shape index (κ2) is 45.5. The lowest BCUT2D eigenvalue weighted by Crippen LogP contribution is -2.42. The van der Waals surface area contributed by atoms with Crippen molar-refractivity contribution in [3.63, 3.8) is 0 Å². The molecule has 57 heavy (non-hydrogen) atoms. The summed E-state index contributed by atoms with van der Waals surface area (Å²) in [5.74, 6) is -0.704. The normalized spacial score (nSPS) is 12.0. The molecule has 0 radical (unpaired) electrons. The molecule has 0 rings (SSSR count). The molecule has 0 aromatic rings. The number of carboxylic acids is 1. The molecule has 0 aromatic carbocycles. The smallest absolute Gasteiger partial charge is 0.328 e. The van der Waals surface area contributed by atoms with E-state index in [0.29, 0.717) is 13.0 Å². The zero-order chi connectivity index (χ0) is 41.7. The summed E-state index contributed by atoms with van der Waals surface area (Å²) in [5.41, 5.74) is 0. The monoisotopic (exact) mass is 806 g/mol. The summed E-state index contributed by atoms with van der Waals surface area (Å²) in [4.78, 5) is 36.6. The van der Waals surface area contributed by atoms with Crippen molar-refractivity contribution in [1.29, 1.82) is 0 Å². The van der Waals surface area contributed by atoms with Crippen LogP contribution in [0.4, 0.5) is 0 Å². The average molecular weight is 806 g/mol. The molecule has 0 fully saturated rings. The number of nitrogens with one attached hydrogen (secondary N) is 1. The standard InChI is InChI=1S/C51H99NO5/c1-4-7-10-13-16-17-18-19-20-21-22-25-28-33-38-43-49(53)52-48(44-45-50(54)55)51(56)57-46-39-34-29-26-23-24-27-32-37-42-47(40-35-30-14-11-8-5-2)41-36-31-15-12-9-6-3/h47-48H,4-46H2,1-3H3,(H,52,53)(H,54,55)/t48-/m0/s1. The van der Waals surface area contributed by atoms with Crippen molar-refractivity contribution in [3.8, 4) is 0 Å². The number of carbonyl (C=O) groups is 3. The van der Waals surface area contributed by atoms with Crippen LogP contribution in [-0.4, -0.2) is 35.6 Å². The molecular formula is C51H99NO5. The van der Waals surface area contributed by atoms with E-state index >= 15 is 0 Å². The first-order valence-corrected chi connectivity index (χ1v) is 25.6. The maximum Gasteiger partial charge on any atom is 0.328 e. The summed E-state index contributed by atoms with van der Waals surface area (Å²) in [6, 6.07) is -0.883. The highest BCUT2D eigenvalue weighted by Crippen LogP contribution is 2.25. The second-order valence-corrected chi connectivity index (χ2v) is 17.9. The van der Waals surface area contributed by atoms with Crippen LogP contribution in [0.1, 0.15) is 290 Å². The number of carbonyl (C=O) groups excluding carboxylic acids is 2. The molecule has 0 aliphatic heterocycles. The van der Waals surface area contributed by atoms with Crippen molar-refractivity contribution >= 4 is 17.8 Å². The van der Waals surface area contributed by atoms with Crippen molar-refractivity contribution in [2.75, 3.05) is 6.61 Å². The van der Waals surface area contributed by atoms with Crippen molar-refractivity contribution in [2.24, 2.45) is 5.92 Å². The number of aliphatic carboxylic acids is 1. The van der Waals surface area contributed by atoms with Gasteiger partial charge in [0, 0.05) is 12.8 Å². The van der Waals surface area contributed by atoms with Gasteiger partial charge in [-0.1, -0.05) is 258 Å². The fourth-order valence-corrected chi connectivity index (χ4v) is 8.35. The minimum Gasteiger partial charge on any atom is -0.481 e. The molecule has 0 saturated carbocycles. The van der Waals surface area contributed by atoms with E-state index < -0.39 is 18.0 Å². The number of rotatable bonds is 47. The van der Waals surface area contributed by atoms with E-state index in [-0.39, 0.29) is 18.7 Å². The fraction of sp³-hybridized carbons (Fsp3) is 0.941. The predicted octanol–water partition coefficient (Wildman–Crippen LogP) is 16.2. The second-order valence-electron chi connectivity index (χ2n) is 17.9. The molecule has 1 atom stereocenters. The van der Waals surface area contributed by atoms with E-state index in [2.05, 4.69) is 26.1 Å². The van der Waals surface area contributed by atoms with Gasteiger partial charge in [0.2, 0.25) is 5.91 Å². The highest BCUT2D eigenvalue weighted by atomic mass is 16.5. The van der Waals surface area contributed by atoms with Crippen LogP contribution >= 0.6 is 0 Å². The first-order chi connectivity index (χ1) is 27.9. The summed E-state index contributed by atoms with van der Waals surface area (Å²) < 4.78 is 5.51. The maximum atomic E-state index is 12.8. The van der Waals surface area contributed by atoms with Gasteiger partial charge < -0.3 is 15.2 Å². The van der Waals surface area contributed by atoms with Gasteiger partial charge in [-0.25, -0.2) is 4.79 Å². The Balaban J connectivity index is 4.02. The minimum absolute atomic E-state index is 0.0671. The maximum absolute atomic E-state index is 12.8. The van der Waals surface area contributed by atoms with E-state index in [9.17, 15) is 19.5 Å². The van der Waals surface area contributed by atoms with Crippen LogP contribution in [0.15, 0.2) is 0 Å². The minimum atomic E-state index is -0.972. The van der Waals surface area contributed by atoms with Gasteiger partial charge in [-0.05, 0) is 25.2 Å². The molecule has 0 heterocycles. The number of hydrogen-bond acceptors (Lipinski definition) is 4. The van der Waals surface area contributed by atoms with E-state index in [0.717, 1.165) is 44.4 Å². The number of hydrogen-bond donors (Lipinski definition) is 2. The summed E-state index contributed by atoms with van der Waals surface area (Å²) in [7, 11) is 0. The summed E-state index contributed by atoms with van der Waals surface area (Å²) in [5, 5.41) is 12.0. The summed E-state index contributed by atoms with van der Waals surface area (Å²) in [6.07, 6.45) is 51.5. The Morgan fingerprint density at radius 3 is 1.07 bits per heavy atom. The lowest BCUT2D eigenvalue weighted by atomic mass is 9.89. The quantitative estimate of drug-likeness (QED) is 0.0472. The number of carboxylic acid groups (broad SMARTS) is 1. The molecule has 2 N–H and O–H groups in total. The number of amides is 1. The first kappa shape index (κ1) is 55.4. The molecule has 0 bridgehead atoms. The lowest BCUT2D eigenvalue weighted by Gasteiger charge is -2.17. The molecular weight excluding hydrogens is 707 g/mol. The van der Waals surface area contributed by atoms with Gasteiger partial charge in [-0.2, -0.15) is 0 Å². The number of unbranched alkanes of at least 4 members (excludes halogenated alkanes) is 32. The number of ether oxygens (including phenoxy) is 1. The van der Waals surface area contributed by atoms with Crippen LogP contribution < -0.4 is 5.32 Å². The van der Waals surface area contributed by atoms with Crippen molar-refractivity contribution < 1.29 is 24.2 Å². The van der Waals surface area contributed by atoms with Crippen LogP contribution in [0, 0.1) is 5.92 Å². The highest BCUT2D eigenvalue weighted by molar-refractivity contribution is 5.84. The van der Waals surface area contributed by atoms with E-state index in [1.807, 2.05) is 0 Å². The Bertz CT molecular complexity index is 847. The van der Waals surface area contributed by atoms with Crippen LogP contribution in [0.5, 0.6) is 0 Å². The third kappa shape index (κ3) is 42.3. The first-order valence-electron chi connectivity index (χ1n) is 25.6. The van der Waals surface area contributed by atoms with Gasteiger partial charge in [0.1, 0.15) is 6.04 Å². The van der Waals surface area contributed by atoms with Gasteiger partial charge in [0.05, 0.1) is 6.61 Å². The molecule has 0 aliphatic rings. The lowest BCUT2D eigenvalue weighted by molar-refractivity contribution is -0.148. The Morgan fingerprint density at radius 1 is 0.404 bits per heavy atom. The molecule has 338 valence electrons. The van der Waals surface area contributed by atoms with Crippen LogP contribution in [-0.2, 0) is 19.1 Å². The Hall–Kier alpha value is -1.59. The third-order valence-electron chi connectivity index (χ3n) is 12.2.